The van der Waals surface area contributed by atoms with E-state index in [0.717, 1.165) is 5.56 Å². The van der Waals surface area contributed by atoms with Gasteiger partial charge in [-0.3, -0.25) is 4.79 Å². The number of hydrogen-bond donors (Lipinski definition) is 2. The first-order valence-electron chi connectivity index (χ1n) is 6.41. The topological polar surface area (TPSA) is 41.1 Å². The fourth-order valence-corrected chi connectivity index (χ4v) is 1.94. The number of halogens is 1. The molecule has 0 saturated carbocycles. The predicted octanol–water partition coefficient (Wildman–Crippen LogP) is 2.93. The average Bonchev–Trinajstić information content (AvgIpc) is 2.37. The van der Waals surface area contributed by atoms with Gasteiger partial charge in [-0.05, 0) is 23.6 Å². The molecule has 1 rings (SSSR count). The molecule has 0 radical (unpaired) electrons. The molecule has 3 nitrogen and oxygen atoms in total. The zero-order chi connectivity index (χ0) is 14.3. The van der Waals surface area contributed by atoms with Gasteiger partial charge in [0, 0.05) is 11.6 Å². The second-order valence-electron chi connectivity index (χ2n) is 4.76. The molecule has 1 aromatic carbocycles. The Kier molecular flexibility index (Phi) is 6.60. The van der Waals surface area contributed by atoms with Gasteiger partial charge in [-0.1, -0.05) is 43.7 Å². The van der Waals surface area contributed by atoms with Crippen molar-refractivity contribution in [3.05, 3.63) is 47.5 Å². The van der Waals surface area contributed by atoms with Gasteiger partial charge in [0.2, 0.25) is 5.91 Å². The minimum Gasteiger partial charge on any atom is -0.348 e. The number of carbonyl (C=O) groups excluding carboxylic acids is 1. The summed E-state index contributed by atoms with van der Waals surface area (Å²) < 4.78 is 0. The van der Waals surface area contributed by atoms with Crippen molar-refractivity contribution >= 4 is 17.5 Å². The van der Waals surface area contributed by atoms with Crippen molar-refractivity contribution in [3.63, 3.8) is 0 Å². The number of rotatable bonds is 7. The van der Waals surface area contributed by atoms with Crippen molar-refractivity contribution in [3.8, 4) is 0 Å². The summed E-state index contributed by atoms with van der Waals surface area (Å²) in [7, 11) is 0. The van der Waals surface area contributed by atoms with Crippen molar-refractivity contribution in [2.24, 2.45) is 5.92 Å². The molecule has 0 aliphatic carbocycles. The van der Waals surface area contributed by atoms with Gasteiger partial charge >= 0.3 is 0 Å². The van der Waals surface area contributed by atoms with E-state index in [0.29, 0.717) is 24.0 Å². The third kappa shape index (κ3) is 5.45. The zero-order valence-corrected chi connectivity index (χ0v) is 12.2. The minimum absolute atomic E-state index is 0.00435. The number of benzene rings is 1. The lowest BCUT2D eigenvalue weighted by atomic mass is 9.96. The molecule has 0 bridgehead atoms. The molecule has 1 atom stereocenters. The van der Waals surface area contributed by atoms with Gasteiger partial charge in [0.05, 0.1) is 12.6 Å². The lowest BCUT2D eigenvalue weighted by molar-refractivity contribution is -0.121. The molecule has 0 heterocycles. The first kappa shape index (κ1) is 15.7. The average molecular weight is 281 g/mol. The van der Waals surface area contributed by atoms with E-state index in [2.05, 4.69) is 31.1 Å². The second-order valence-corrected chi connectivity index (χ2v) is 5.20. The summed E-state index contributed by atoms with van der Waals surface area (Å²) in [4.78, 5) is 11.8. The molecule has 1 aromatic rings. The van der Waals surface area contributed by atoms with Crippen molar-refractivity contribution in [2.75, 3.05) is 13.1 Å². The summed E-state index contributed by atoms with van der Waals surface area (Å²) in [6, 6.07) is 7.58. The highest BCUT2D eigenvalue weighted by Crippen LogP contribution is 2.23. The van der Waals surface area contributed by atoms with E-state index in [1.807, 2.05) is 24.3 Å². The van der Waals surface area contributed by atoms with E-state index < -0.39 is 0 Å². The van der Waals surface area contributed by atoms with Crippen LogP contribution in [0, 0.1) is 5.92 Å². The molecule has 2 N–H and O–H groups in total. The maximum Gasteiger partial charge on any atom is 0.234 e. The van der Waals surface area contributed by atoms with Crippen LogP contribution >= 0.6 is 11.6 Å². The summed E-state index contributed by atoms with van der Waals surface area (Å²) in [5, 5.41) is 6.72. The van der Waals surface area contributed by atoms with Crippen LogP contribution in [-0.2, 0) is 4.79 Å². The molecule has 4 heteroatoms. The Morgan fingerprint density at radius 2 is 2.00 bits per heavy atom. The highest BCUT2D eigenvalue weighted by atomic mass is 35.5. The van der Waals surface area contributed by atoms with Gasteiger partial charge < -0.3 is 10.6 Å². The minimum atomic E-state index is -0.0181. The molecule has 1 unspecified atom stereocenters. The molecule has 0 aliphatic heterocycles. The van der Waals surface area contributed by atoms with Crippen LogP contribution in [-0.4, -0.2) is 19.0 Å². The first-order valence-corrected chi connectivity index (χ1v) is 6.78. The number of nitrogens with one attached hydrogen (secondary N) is 2. The Bertz CT molecular complexity index is 415. The third-order valence-corrected chi connectivity index (χ3v) is 3.04. The fraction of sp³-hybridized carbons (Fsp3) is 0.400. The Labute approximate surface area is 120 Å². The lowest BCUT2D eigenvalue weighted by Gasteiger charge is -2.23. The summed E-state index contributed by atoms with van der Waals surface area (Å²) in [6.07, 6.45) is 1.73. The maximum absolute atomic E-state index is 11.8. The van der Waals surface area contributed by atoms with E-state index in [4.69, 9.17) is 11.6 Å². The largest absolute Gasteiger partial charge is 0.348 e. The fourth-order valence-electron chi connectivity index (χ4n) is 1.82. The smallest absolute Gasteiger partial charge is 0.234 e. The van der Waals surface area contributed by atoms with Gasteiger partial charge in [0.25, 0.3) is 0 Å². The van der Waals surface area contributed by atoms with Crippen molar-refractivity contribution in [2.45, 2.75) is 19.9 Å². The van der Waals surface area contributed by atoms with E-state index in [9.17, 15) is 4.79 Å². The molecule has 1 amide bonds. The number of carbonyl (C=O) groups is 1. The Hall–Kier alpha value is -1.32. The molecule has 0 saturated heterocycles. The van der Waals surface area contributed by atoms with Crippen LogP contribution in [0.3, 0.4) is 0 Å². The maximum atomic E-state index is 11.8. The molecule has 19 heavy (non-hydrogen) atoms. The second kappa shape index (κ2) is 7.97. The van der Waals surface area contributed by atoms with Crippen LogP contribution in [0.25, 0.3) is 0 Å². The van der Waals surface area contributed by atoms with E-state index in [1.165, 1.54) is 0 Å². The quantitative estimate of drug-likeness (QED) is 0.596. The zero-order valence-electron chi connectivity index (χ0n) is 11.4. The molecule has 0 spiro atoms. The Balaban J connectivity index is 2.65. The van der Waals surface area contributed by atoms with Crippen molar-refractivity contribution in [1.29, 1.82) is 0 Å². The predicted molar refractivity (Wildman–Crippen MR) is 80.2 cm³/mol. The van der Waals surface area contributed by atoms with E-state index in [1.54, 1.807) is 6.08 Å². The van der Waals surface area contributed by atoms with Crippen LogP contribution in [0.2, 0.25) is 5.02 Å². The van der Waals surface area contributed by atoms with Crippen LogP contribution < -0.4 is 10.6 Å². The molecule has 0 fully saturated rings. The van der Waals surface area contributed by atoms with Gasteiger partial charge in [-0.2, -0.15) is 0 Å². The van der Waals surface area contributed by atoms with Gasteiger partial charge in [-0.15, -0.1) is 6.58 Å². The van der Waals surface area contributed by atoms with Crippen molar-refractivity contribution < 1.29 is 4.79 Å². The monoisotopic (exact) mass is 280 g/mol. The summed E-state index contributed by atoms with van der Waals surface area (Å²) in [5.41, 5.74) is 1.07. The molecular weight excluding hydrogens is 260 g/mol. The third-order valence-electron chi connectivity index (χ3n) is 2.79. The van der Waals surface area contributed by atoms with Gasteiger partial charge in [-0.25, -0.2) is 0 Å². The molecule has 0 aromatic heterocycles. The Morgan fingerprint density at radius 1 is 1.37 bits per heavy atom. The normalized spacial score (nSPS) is 12.2. The standard InChI is InChI=1S/C15H21ClN2O/c1-4-9-17-10-14(19)18-15(11(2)3)12-5-7-13(16)8-6-12/h4-8,11,15,17H,1,9-10H2,2-3H3,(H,18,19). The summed E-state index contributed by atoms with van der Waals surface area (Å²) >= 11 is 5.88. The van der Waals surface area contributed by atoms with E-state index in [-0.39, 0.29) is 11.9 Å². The van der Waals surface area contributed by atoms with Crippen LogP contribution in [0.15, 0.2) is 36.9 Å². The van der Waals surface area contributed by atoms with Crippen LogP contribution in [0.1, 0.15) is 25.5 Å². The first-order chi connectivity index (χ1) is 9.04. The van der Waals surface area contributed by atoms with Crippen LogP contribution in [0.4, 0.5) is 0 Å². The van der Waals surface area contributed by atoms with Crippen LogP contribution in [0.5, 0.6) is 0 Å². The summed E-state index contributed by atoms with van der Waals surface area (Å²) in [5.74, 6) is 0.292. The highest BCUT2D eigenvalue weighted by Gasteiger charge is 2.17. The SMILES string of the molecule is C=CCNCC(=O)NC(c1ccc(Cl)cc1)C(C)C. The number of hydrogen-bond acceptors (Lipinski definition) is 2. The van der Waals surface area contributed by atoms with E-state index >= 15 is 0 Å². The van der Waals surface area contributed by atoms with Gasteiger partial charge in [0.15, 0.2) is 0 Å². The highest BCUT2D eigenvalue weighted by molar-refractivity contribution is 6.30. The molecule has 104 valence electrons. The summed E-state index contributed by atoms with van der Waals surface area (Å²) in [6.45, 7) is 8.68. The van der Waals surface area contributed by atoms with Crippen molar-refractivity contribution in [1.82, 2.24) is 10.6 Å². The molecule has 0 aliphatic rings. The Morgan fingerprint density at radius 3 is 2.53 bits per heavy atom. The number of amides is 1. The van der Waals surface area contributed by atoms with Gasteiger partial charge in [0.1, 0.15) is 0 Å². The molecular formula is C15H21ClN2O. The lowest BCUT2D eigenvalue weighted by Crippen LogP contribution is -2.38.